The molecule has 2 aromatic rings. The number of hydrogen-bond acceptors (Lipinski definition) is 5. The average molecular weight is 259 g/mol. The van der Waals surface area contributed by atoms with Crippen molar-refractivity contribution in [1.82, 2.24) is 9.97 Å². The maximum Gasteiger partial charge on any atom is 0.130 e. The monoisotopic (exact) mass is 259 g/mol. The Bertz CT molecular complexity index is 563. The van der Waals surface area contributed by atoms with E-state index in [0.29, 0.717) is 5.82 Å². The van der Waals surface area contributed by atoms with Crippen LogP contribution in [-0.2, 0) is 0 Å². The largest absolute Gasteiger partial charge is 0.497 e. The second-order valence-electron chi connectivity index (χ2n) is 4.04. The third-order valence-electron chi connectivity index (χ3n) is 2.74. The molecule has 0 atom stereocenters. The minimum Gasteiger partial charge on any atom is -0.497 e. The predicted molar refractivity (Wildman–Crippen MR) is 74.9 cm³/mol. The van der Waals surface area contributed by atoms with Crippen LogP contribution >= 0.6 is 0 Å². The van der Waals surface area contributed by atoms with Gasteiger partial charge in [-0.3, -0.25) is 0 Å². The molecule has 5 nitrogen and oxygen atoms in total. The number of ether oxygens (including phenoxy) is 2. The second-order valence-corrected chi connectivity index (χ2v) is 4.04. The number of aromatic nitrogens is 2. The van der Waals surface area contributed by atoms with Crippen molar-refractivity contribution >= 4 is 5.82 Å². The van der Waals surface area contributed by atoms with Gasteiger partial charge in [0.05, 0.1) is 19.9 Å². The van der Waals surface area contributed by atoms with E-state index in [1.165, 1.54) is 0 Å². The fourth-order valence-electron chi connectivity index (χ4n) is 1.80. The molecule has 1 aromatic heterocycles. The van der Waals surface area contributed by atoms with Crippen molar-refractivity contribution in [3.05, 3.63) is 30.1 Å². The first-order valence-corrected chi connectivity index (χ1v) is 5.93. The summed E-state index contributed by atoms with van der Waals surface area (Å²) >= 11 is 0. The Kier molecular flexibility index (Phi) is 3.85. The Hall–Kier alpha value is -2.30. The number of anilines is 1. The highest BCUT2D eigenvalue weighted by atomic mass is 16.5. The summed E-state index contributed by atoms with van der Waals surface area (Å²) in [5.74, 6) is 2.96. The summed E-state index contributed by atoms with van der Waals surface area (Å²) in [6.45, 7) is 1.86. The van der Waals surface area contributed by atoms with Crippen LogP contribution in [0, 0.1) is 6.92 Å². The summed E-state index contributed by atoms with van der Waals surface area (Å²) in [5.41, 5.74) is 1.76. The minimum absolute atomic E-state index is 0.712. The zero-order valence-electron chi connectivity index (χ0n) is 11.5. The molecule has 0 aliphatic rings. The fraction of sp³-hybridized carbons (Fsp3) is 0.286. The number of hydrogen-bond donors (Lipinski definition) is 1. The third kappa shape index (κ3) is 2.93. The van der Waals surface area contributed by atoms with Crippen molar-refractivity contribution in [1.29, 1.82) is 0 Å². The van der Waals surface area contributed by atoms with Crippen molar-refractivity contribution in [3.8, 4) is 22.8 Å². The van der Waals surface area contributed by atoms with Gasteiger partial charge in [0.25, 0.3) is 0 Å². The number of rotatable bonds is 4. The summed E-state index contributed by atoms with van der Waals surface area (Å²) in [7, 11) is 5.09. The molecule has 19 heavy (non-hydrogen) atoms. The Morgan fingerprint density at radius 2 is 1.58 bits per heavy atom. The van der Waals surface area contributed by atoms with Crippen LogP contribution in [0.25, 0.3) is 11.3 Å². The maximum absolute atomic E-state index is 5.27. The van der Waals surface area contributed by atoms with Crippen molar-refractivity contribution < 1.29 is 9.47 Å². The molecule has 0 saturated heterocycles. The molecule has 0 saturated carbocycles. The number of nitrogens with zero attached hydrogens (tertiary/aromatic N) is 2. The molecule has 5 heteroatoms. The summed E-state index contributed by atoms with van der Waals surface area (Å²) in [6.07, 6.45) is 0. The van der Waals surface area contributed by atoms with E-state index in [1.807, 2.05) is 38.2 Å². The van der Waals surface area contributed by atoms with Gasteiger partial charge in [-0.2, -0.15) is 0 Å². The predicted octanol–water partition coefficient (Wildman–Crippen LogP) is 2.51. The van der Waals surface area contributed by atoms with Crippen LogP contribution in [0.2, 0.25) is 0 Å². The van der Waals surface area contributed by atoms with Crippen LogP contribution in [0.4, 0.5) is 5.82 Å². The summed E-state index contributed by atoms with van der Waals surface area (Å²) < 4.78 is 10.5. The molecular weight excluding hydrogens is 242 g/mol. The van der Waals surface area contributed by atoms with Crippen LogP contribution in [0.15, 0.2) is 24.3 Å². The van der Waals surface area contributed by atoms with Gasteiger partial charge in [-0.1, -0.05) is 0 Å². The van der Waals surface area contributed by atoms with E-state index in [1.54, 1.807) is 14.2 Å². The molecular formula is C14H17N3O2. The summed E-state index contributed by atoms with van der Waals surface area (Å²) in [6, 6.07) is 7.56. The third-order valence-corrected chi connectivity index (χ3v) is 2.74. The van der Waals surface area contributed by atoms with Gasteiger partial charge in [-0.05, 0) is 19.1 Å². The molecule has 0 unspecified atom stereocenters. The number of aryl methyl sites for hydroxylation is 1. The molecule has 0 aliphatic carbocycles. The van der Waals surface area contributed by atoms with Gasteiger partial charge >= 0.3 is 0 Å². The van der Waals surface area contributed by atoms with Gasteiger partial charge in [-0.15, -0.1) is 0 Å². The van der Waals surface area contributed by atoms with Gasteiger partial charge in [0.15, 0.2) is 0 Å². The Morgan fingerprint density at radius 3 is 2.11 bits per heavy atom. The summed E-state index contributed by atoms with van der Waals surface area (Å²) in [5, 5.41) is 3.02. The van der Waals surface area contributed by atoms with Gasteiger partial charge < -0.3 is 14.8 Å². The molecule has 100 valence electrons. The van der Waals surface area contributed by atoms with E-state index in [4.69, 9.17) is 9.47 Å². The van der Waals surface area contributed by atoms with Crippen molar-refractivity contribution in [3.63, 3.8) is 0 Å². The molecule has 0 radical (unpaired) electrons. The zero-order valence-corrected chi connectivity index (χ0v) is 11.5. The summed E-state index contributed by atoms with van der Waals surface area (Å²) in [4.78, 5) is 8.72. The van der Waals surface area contributed by atoms with Crippen LogP contribution in [0.5, 0.6) is 11.5 Å². The van der Waals surface area contributed by atoms with E-state index in [-0.39, 0.29) is 0 Å². The second kappa shape index (κ2) is 5.56. The Labute approximate surface area is 112 Å². The standard InChI is InChI=1S/C14H17N3O2/c1-9-16-13(8-14(15-2)17-9)10-5-11(18-3)7-12(6-10)19-4/h5-8H,1-4H3,(H,15,16,17). The number of benzene rings is 1. The molecule has 0 spiro atoms. The zero-order chi connectivity index (χ0) is 13.8. The first-order valence-electron chi connectivity index (χ1n) is 5.93. The Balaban J connectivity index is 2.54. The highest BCUT2D eigenvalue weighted by molar-refractivity contribution is 5.66. The molecule has 0 aliphatic heterocycles. The first kappa shape index (κ1) is 13.1. The SMILES string of the molecule is CNc1cc(-c2cc(OC)cc(OC)c2)nc(C)n1. The molecule has 0 amide bonds. The molecule has 1 N–H and O–H groups in total. The average Bonchev–Trinajstić information content (AvgIpc) is 2.45. The van der Waals surface area contributed by atoms with Gasteiger partial charge in [0.1, 0.15) is 23.1 Å². The van der Waals surface area contributed by atoms with Gasteiger partial charge in [0, 0.05) is 24.7 Å². The van der Waals surface area contributed by atoms with Gasteiger partial charge in [0.2, 0.25) is 0 Å². The van der Waals surface area contributed by atoms with E-state index in [9.17, 15) is 0 Å². The van der Waals surface area contributed by atoms with Crippen LogP contribution < -0.4 is 14.8 Å². The van der Waals surface area contributed by atoms with E-state index >= 15 is 0 Å². The van der Waals surface area contributed by atoms with E-state index in [0.717, 1.165) is 28.6 Å². The van der Waals surface area contributed by atoms with Crippen molar-refractivity contribution in [2.24, 2.45) is 0 Å². The maximum atomic E-state index is 5.27. The molecule has 0 fully saturated rings. The molecule has 1 heterocycles. The number of methoxy groups -OCH3 is 2. The Morgan fingerprint density at radius 1 is 0.947 bits per heavy atom. The van der Waals surface area contributed by atoms with Crippen LogP contribution in [-0.4, -0.2) is 31.2 Å². The highest BCUT2D eigenvalue weighted by Crippen LogP contribution is 2.29. The van der Waals surface area contributed by atoms with Crippen LogP contribution in [0.1, 0.15) is 5.82 Å². The molecule has 1 aromatic carbocycles. The fourth-order valence-corrected chi connectivity index (χ4v) is 1.80. The van der Waals surface area contributed by atoms with Gasteiger partial charge in [-0.25, -0.2) is 9.97 Å². The van der Waals surface area contributed by atoms with E-state index in [2.05, 4.69) is 15.3 Å². The molecule has 2 rings (SSSR count). The smallest absolute Gasteiger partial charge is 0.130 e. The minimum atomic E-state index is 0.712. The lowest BCUT2D eigenvalue weighted by Crippen LogP contribution is -1.98. The number of nitrogens with one attached hydrogen (secondary N) is 1. The van der Waals surface area contributed by atoms with Crippen LogP contribution in [0.3, 0.4) is 0 Å². The molecule has 0 bridgehead atoms. The normalized spacial score (nSPS) is 10.1. The highest BCUT2D eigenvalue weighted by Gasteiger charge is 2.07. The topological polar surface area (TPSA) is 56.3 Å². The van der Waals surface area contributed by atoms with Crippen molar-refractivity contribution in [2.75, 3.05) is 26.6 Å². The lowest BCUT2D eigenvalue weighted by molar-refractivity contribution is 0.394. The van der Waals surface area contributed by atoms with E-state index < -0.39 is 0 Å². The quantitative estimate of drug-likeness (QED) is 0.914. The first-order chi connectivity index (χ1) is 9.16. The lowest BCUT2D eigenvalue weighted by Gasteiger charge is -2.09. The lowest BCUT2D eigenvalue weighted by atomic mass is 10.1. The van der Waals surface area contributed by atoms with Crippen molar-refractivity contribution in [2.45, 2.75) is 6.92 Å².